The predicted octanol–water partition coefficient (Wildman–Crippen LogP) is 7.52. The Morgan fingerprint density at radius 1 is 1.11 bits per heavy atom. The van der Waals surface area contributed by atoms with Crippen LogP contribution in [-0.4, -0.2) is 12.5 Å². The van der Waals surface area contributed by atoms with Crippen LogP contribution in [-0.2, 0) is 11.4 Å². The number of nitrogens with one attached hydrogen (secondary N) is 1. The van der Waals surface area contributed by atoms with Gasteiger partial charge in [-0.2, -0.15) is 5.26 Å². The number of rotatable bonds is 9. The standard InChI is InChI=1S/C27H23BrCl2N2O3/c1-3-34-25-14-19(11-21(15-31)27(33)32-17(2)20-7-5-4-6-8-20)12-22(28)26(25)35-16-18-9-10-23(29)24(30)13-18/h4-14,17H,3,16H2,1-2H3,(H,32,33)/b21-11-/t17-/m1/s1. The zero-order valence-electron chi connectivity index (χ0n) is 19.1. The fraction of sp³-hybridized carbons (Fsp3) is 0.185. The Balaban J connectivity index is 1.82. The average molecular weight is 574 g/mol. The summed E-state index contributed by atoms with van der Waals surface area (Å²) in [5.41, 5.74) is 2.38. The second kappa shape index (κ2) is 12.6. The summed E-state index contributed by atoms with van der Waals surface area (Å²) in [7, 11) is 0. The number of ether oxygens (including phenoxy) is 2. The lowest BCUT2D eigenvalue weighted by Gasteiger charge is -2.16. The minimum Gasteiger partial charge on any atom is -0.490 e. The molecule has 0 unspecified atom stereocenters. The normalized spacial score (nSPS) is 11.9. The van der Waals surface area contributed by atoms with Gasteiger partial charge in [0.1, 0.15) is 18.2 Å². The molecule has 0 saturated carbocycles. The summed E-state index contributed by atoms with van der Waals surface area (Å²) < 4.78 is 12.4. The molecule has 3 aromatic rings. The summed E-state index contributed by atoms with van der Waals surface area (Å²) in [5, 5.41) is 13.4. The Bertz CT molecular complexity index is 1270. The van der Waals surface area contributed by atoms with Crippen molar-refractivity contribution in [2.45, 2.75) is 26.5 Å². The molecule has 1 atom stereocenters. The number of halogens is 3. The number of hydrogen-bond acceptors (Lipinski definition) is 4. The minimum absolute atomic E-state index is 0.0217. The van der Waals surface area contributed by atoms with Crippen molar-refractivity contribution in [3.63, 3.8) is 0 Å². The highest BCUT2D eigenvalue weighted by atomic mass is 79.9. The van der Waals surface area contributed by atoms with Gasteiger partial charge < -0.3 is 14.8 Å². The van der Waals surface area contributed by atoms with E-state index in [-0.39, 0.29) is 18.2 Å². The van der Waals surface area contributed by atoms with Crippen molar-refractivity contribution in [3.8, 4) is 17.6 Å². The number of carbonyl (C=O) groups is 1. The van der Waals surface area contributed by atoms with E-state index >= 15 is 0 Å². The lowest BCUT2D eigenvalue weighted by molar-refractivity contribution is -0.117. The second-order valence-corrected chi connectivity index (χ2v) is 9.24. The van der Waals surface area contributed by atoms with Gasteiger partial charge in [-0.15, -0.1) is 0 Å². The van der Waals surface area contributed by atoms with Crippen LogP contribution in [0, 0.1) is 11.3 Å². The van der Waals surface area contributed by atoms with Crippen molar-refractivity contribution >= 4 is 51.1 Å². The minimum atomic E-state index is -0.460. The Morgan fingerprint density at radius 2 is 1.86 bits per heavy atom. The Morgan fingerprint density at radius 3 is 2.51 bits per heavy atom. The Kier molecular flexibility index (Phi) is 9.62. The van der Waals surface area contributed by atoms with Crippen molar-refractivity contribution in [2.75, 3.05) is 6.61 Å². The van der Waals surface area contributed by atoms with E-state index in [0.29, 0.717) is 38.2 Å². The van der Waals surface area contributed by atoms with Crippen LogP contribution in [0.4, 0.5) is 0 Å². The molecule has 0 radical (unpaired) electrons. The van der Waals surface area contributed by atoms with Crippen LogP contribution < -0.4 is 14.8 Å². The first kappa shape index (κ1) is 26.6. The molecule has 0 aromatic heterocycles. The van der Waals surface area contributed by atoms with E-state index in [2.05, 4.69) is 21.2 Å². The molecule has 0 spiro atoms. The van der Waals surface area contributed by atoms with Gasteiger partial charge in [0.05, 0.1) is 27.2 Å². The molecule has 0 aliphatic rings. The van der Waals surface area contributed by atoms with Gasteiger partial charge in [0.15, 0.2) is 11.5 Å². The highest BCUT2D eigenvalue weighted by molar-refractivity contribution is 9.10. The molecule has 1 amide bonds. The number of hydrogen-bond donors (Lipinski definition) is 1. The highest BCUT2D eigenvalue weighted by Gasteiger charge is 2.16. The topological polar surface area (TPSA) is 71.3 Å². The summed E-state index contributed by atoms with van der Waals surface area (Å²) in [6.07, 6.45) is 1.52. The van der Waals surface area contributed by atoms with E-state index in [9.17, 15) is 10.1 Å². The molecule has 0 heterocycles. The average Bonchev–Trinajstić information content (AvgIpc) is 2.84. The van der Waals surface area contributed by atoms with Gasteiger partial charge >= 0.3 is 0 Å². The van der Waals surface area contributed by atoms with Gasteiger partial charge in [0, 0.05) is 0 Å². The summed E-state index contributed by atoms with van der Waals surface area (Å²) in [4.78, 5) is 12.7. The summed E-state index contributed by atoms with van der Waals surface area (Å²) >= 11 is 15.6. The zero-order valence-corrected chi connectivity index (χ0v) is 22.2. The van der Waals surface area contributed by atoms with Crippen LogP contribution in [0.15, 0.2) is 70.7 Å². The molecule has 0 bridgehead atoms. The predicted molar refractivity (Wildman–Crippen MR) is 143 cm³/mol. The number of carbonyl (C=O) groups excluding carboxylic acids is 1. The van der Waals surface area contributed by atoms with Crippen molar-refractivity contribution in [2.24, 2.45) is 0 Å². The number of amides is 1. The molecule has 0 aliphatic carbocycles. The van der Waals surface area contributed by atoms with Crippen molar-refractivity contribution in [1.29, 1.82) is 5.26 Å². The second-order valence-electron chi connectivity index (χ2n) is 7.58. The number of nitrogens with zero attached hydrogens (tertiary/aromatic N) is 1. The SMILES string of the molecule is CCOc1cc(/C=C(/C#N)C(=O)N[C@H](C)c2ccccc2)cc(Br)c1OCc1ccc(Cl)c(Cl)c1. The quantitative estimate of drug-likeness (QED) is 0.212. The largest absolute Gasteiger partial charge is 0.490 e. The monoisotopic (exact) mass is 572 g/mol. The molecule has 0 saturated heterocycles. The summed E-state index contributed by atoms with van der Waals surface area (Å²) in [6, 6.07) is 20.1. The molecule has 35 heavy (non-hydrogen) atoms. The number of nitriles is 1. The Hall–Kier alpha value is -2.98. The molecule has 8 heteroatoms. The molecule has 3 aromatic carbocycles. The van der Waals surface area contributed by atoms with E-state index in [1.165, 1.54) is 6.08 Å². The van der Waals surface area contributed by atoms with Crippen LogP contribution in [0.3, 0.4) is 0 Å². The van der Waals surface area contributed by atoms with E-state index in [4.69, 9.17) is 32.7 Å². The van der Waals surface area contributed by atoms with Gasteiger partial charge in [-0.3, -0.25) is 4.79 Å². The molecule has 180 valence electrons. The summed E-state index contributed by atoms with van der Waals surface area (Å²) in [6.45, 7) is 4.38. The number of benzene rings is 3. The van der Waals surface area contributed by atoms with Gasteiger partial charge in [-0.05, 0) is 76.8 Å². The molecule has 1 N–H and O–H groups in total. The first-order valence-electron chi connectivity index (χ1n) is 10.8. The highest BCUT2D eigenvalue weighted by Crippen LogP contribution is 2.38. The molecule has 3 rings (SSSR count). The fourth-order valence-electron chi connectivity index (χ4n) is 3.27. The Labute approximate surface area is 223 Å². The van der Waals surface area contributed by atoms with E-state index < -0.39 is 5.91 Å². The molecule has 5 nitrogen and oxygen atoms in total. The fourth-order valence-corrected chi connectivity index (χ4v) is 4.17. The van der Waals surface area contributed by atoms with Crippen LogP contribution >= 0.6 is 39.1 Å². The molecular weight excluding hydrogens is 551 g/mol. The third kappa shape index (κ3) is 7.25. The van der Waals surface area contributed by atoms with E-state index in [0.717, 1.165) is 11.1 Å². The van der Waals surface area contributed by atoms with Gasteiger partial charge in [-0.1, -0.05) is 59.6 Å². The molecular formula is C27H23BrCl2N2O3. The first-order chi connectivity index (χ1) is 16.8. The molecule has 0 fully saturated rings. The maximum absolute atomic E-state index is 12.7. The first-order valence-corrected chi connectivity index (χ1v) is 12.4. The maximum Gasteiger partial charge on any atom is 0.262 e. The van der Waals surface area contributed by atoms with Crippen molar-refractivity contribution in [3.05, 3.63) is 97.4 Å². The van der Waals surface area contributed by atoms with E-state index in [1.54, 1.807) is 24.3 Å². The van der Waals surface area contributed by atoms with Crippen molar-refractivity contribution in [1.82, 2.24) is 5.32 Å². The van der Waals surface area contributed by atoms with E-state index in [1.807, 2.05) is 56.3 Å². The van der Waals surface area contributed by atoms with Gasteiger partial charge in [0.2, 0.25) is 0 Å². The van der Waals surface area contributed by atoms with Crippen LogP contribution in [0.2, 0.25) is 10.0 Å². The zero-order chi connectivity index (χ0) is 25.4. The van der Waals surface area contributed by atoms with Crippen molar-refractivity contribution < 1.29 is 14.3 Å². The third-order valence-electron chi connectivity index (χ3n) is 5.02. The van der Waals surface area contributed by atoms with Crippen LogP contribution in [0.5, 0.6) is 11.5 Å². The third-order valence-corrected chi connectivity index (χ3v) is 6.35. The van der Waals surface area contributed by atoms with Gasteiger partial charge in [0.25, 0.3) is 5.91 Å². The smallest absolute Gasteiger partial charge is 0.262 e. The van der Waals surface area contributed by atoms with Crippen LogP contribution in [0.1, 0.15) is 36.6 Å². The van der Waals surface area contributed by atoms with Crippen LogP contribution in [0.25, 0.3) is 6.08 Å². The lowest BCUT2D eigenvalue weighted by atomic mass is 10.1. The lowest BCUT2D eigenvalue weighted by Crippen LogP contribution is -2.27. The summed E-state index contributed by atoms with van der Waals surface area (Å²) in [5.74, 6) is 0.511. The molecule has 0 aliphatic heterocycles. The van der Waals surface area contributed by atoms with Gasteiger partial charge in [-0.25, -0.2) is 0 Å². The maximum atomic E-state index is 12.7.